The number of esters is 1. The SMILES string of the molecule is CCCCOC(=O)CCCSc1ccc(Cl)cc1. The summed E-state index contributed by atoms with van der Waals surface area (Å²) in [6, 6.07) is 7.74. The van der Waals surface area contributed by atoms with E-state index in [-0.39, 0.29) is 5.97 Å². The Hall–Kier alpha value is -0.670. The maximum atomic E-state index is 11.3. The van der Waals surface area contributed by atoms with Gasteiger partial charge in [0, 0.05) is 16.3 Å². The lowest BCUT2D eigenvalue weighted by Crippen LogP contribution is -2.05. The quantitative estimate of drug-likeness (QED) is 0.398. The normalized spacial score (nSPS) is 10.3. The molecule has 0 radical (unpaired) electrons. The first-order valence-corrected chi connectivity index (χ1v) is 7.62. The van der Waals surface area contributed by atoms with Gasteiger partial charge < -0.3 is 4.74 Å². The Morgan fingerprint density at radius 1 is 1.28 bits per heavy atom. The largest absolute Gasteiger partial charge is 0.466 e. The molecule has 1 rings (SSSR count). The van der Waals surface area contributed by atoms with Gasteiger partial charge in [-0.15, -0.1) is 11.8 Å². The van der Waals surface area contributed by atoms with E-state index >= 15 is 0 Å². The molecule has 0 aliphatic carbocycles. The smallest absolute Gasteiger partial charge is 0.305 e. The Balaban J connectivity index is 2.07. The van der Waals surface area contributed by atoms with Crippen molar-refractivity contribution < 1.29 is 9.53 Å². The van der Waals surface area contributed by atoms with Gasteiger partial charge in [-0.05, 0) is 42.9 Å². The molecule has 2 nitrogen and oxygen atoms in total. The van der Waals surface area contributed by atoms with Gasteiger partial charge in [-0.1, -0.05) is 24.9 Å². The Labute approximate surface area is 118 Å². The van der Waals surface area contributed by atoms with Crippen LogP contribution in [-0.4, -0.2) is 18.3 Å². The Bertz CT molecular complexity index is 351. The van der Waals surface area contributed by atoms with E-state index in [2.05, 4.69) is 6.92 Å². The number of benzene rings is 1. The first-order valence-electron chi connectivity index (χ1n) is 6.26. The molecule has 0 bridgehead atoms. The van der Waals surface area contributed by atoms with E-state index in [1.54, 1.807) is 11.8 Å². The van der Waals surface area contributed by atoms with Crippen molar-refractivity contribution in [1.29, 1.82) is 0 Å². The number of carbonyl (C=O) groups excluding carboxylic acids is 1. The Morgan fingerprint density at radius 3 is 2.67 bits per heavy atom. The molecule has 0 aliphatic rings. The predicted molar refractivity (Wildman–Crippen MR) is 77.3 cm³/mol. The Kier molecular flexibility index (Phi) is 7.94. The average molecular weight is 287 g/mol. The number of ether oxygens (including phenoxy) is 1. The van der Waals surface area contributed by atoms with Gasteiger partial charge in [-0.2, -0.15) is 0 Å². The van der Waals surface area contributed by atoms with Crippen molar-refractivity contribution in [2.24, 2.45) is 0 Å². The van der Waals surface area contributed by atoms with Gasteiger partial charge in [0.05, 0.1) is 6.61 Å². The summed E-state index contributed by atoms with van der Waals surface area (Å²) in [5.74, 6) is 0.838. The van der Waals surface area contributed by atoms with Crippen LogP contribution in [0.3, 0.4) is 0 Å². The molecular weight excluding hydrogens is 268 g/mol. The third kappa shape index (κ3) is 6.92. The van der Waals surface area contributed by atoms with Gasteiger partial charge in [-0.25, -0.2) is 0 Å². The zero-order valence-corrected chi connectivity index (χ0v) is 12.2. The lowest BCUT2D eigenvalue weighted by atomic mass is 10.3. The summed E-state index contributed by atoms with van der Waals surface area (Å²) >= 11 is 7.54. The molecule has 0 atom stereocenters. The zero-order chi connectivity index (χ0) is 13.2. The first-order chi connectivity index (χ1) is 8.72. The second kappa shape index (κ2) is 9.29. The van der Waals surface area contributed by atoms with Gasteiger partial charge in [0.2, 0.25) is 0 Å². The fraction of sp³-hybridized carbons (Fsp3) is 0.500. The molecule has 4 heteroatoms. The highest BCUT2D eigenvalue weighted by Crippen LogP contribution is 2.21. The van der Waals surface area contributed by atoms with Crippen molar-refractivity contribution in [3.05, 3.63) is 29.3 Å². The van der Waals surface area contributed by atoms with Crippen LogP contribution in [0.1, 0.15) is 32.6 Å². The highest BCUT2D eigenvalue weighted by Gasteiger charge is 2.02. The number of unbranched alkanes of at least 4 members (excludes halogenated alkanes) is 1. The maximum absolute atomic E-state index is 11.3. The van der Waals surface area contributed by atoms with Crippen LogP contribution in [0.25, 0.3) is 0 Å². The van der Waals surface area contributed by atoms with Crippen LogP contribution in [-0.2, 0) is 9.53 Å². The van der Waals surface area contributed by atoms with Crippen LogP contribution in [0.2, 0.25) is 5.02 Å². The molecular formula is C14H19ClO2S. The summed E-state index contributed by atoms with van der Waals surface area (Å²) in [5.41, 5.74) is 0. The molecule has 1 aromatic rings. The molecule has 0 heterocycles. The summed E-state index contributed by atoms with van der Waals surface area (Å²) in [7, 11) is 0. The van der Waals surface area contributed by atoms with Gasteiger partial charge in [0.25, 0.3) is 0 Å². The number of carbonyl (C=O) groups is 1. The van der Waals surface area contributed by atoms with Crippen LogP contribution < -0.4 is 0 Å². The highest BCUT2D eigenvalue weighted by molar-refractivity contribution is 7.99. The minimum Gasteiger partial charge on any atom is -0.466 e. The van der Waals surface area contributed by atoms with Crippen molar-refractivity contribution in [2.75, 3.05) is 12.4 Å². The molecule has 18 heavy (non-hydrogen) atoms. The second-order valence-corrected chi connectivity index (χ2v) is 5.58. The minimum atomic E-state index is -0.0832. The molecule has 0 spiro atoms. The van der Waals surface area contributed by atoms with Gasteiger partial charge in [0.15, 0.2) is 0 Å². The predicted octanol–water partition coefficient (Wildman–Crippen LogP) is 4.56. The van der Waals surface area contributed by atoms with Crippen LogP contribution >= 0.6 is 23.4 Å². The second-order valence-electron chi connectivity index (χ2n) is 3.98. The monoisotopic (exact) mass is 286 g/mol. The summed E-state index contributed by atoms with van der Waals surface area (Å²) in [6.07, 6.45) is 3.35. The third-order valence-corrected chi connectivity index (χ3v) is 3.72. The number of rotatable bonds is 8. The summed E-state index contributed by atoms with van der Waals surface area (Å²) in [6.45, 7) is 2.64. The van der Waals surface area contributed by atoms with E-state index < -0.39 is 0 Å². The molecule has 0 N–H and O–H groups in total. The standard InChI is InChI=1S/C14H19ClO2S/c1-2-3-10-17-14(16)5-4-11-18-13-8-6-12(15)7-9-13/h6-9H,2-5,10-11H2,1H3. The van der Waals surface area contributed by atoms with Crippen LogP contribution in [0.4, 0.5) is 0 Å². The fourth-order valence-electron chi connectivity index (χ4n) is 1.34. The molecule has 0 fully saturated rings. The van der Waals surface area contributed by atoms with E-state index in [4.69, 9.17) is 16.3 Å². The highest BCUT2D eigenvalue weighted by atomic mass is 35.5. The number of thioether (sulfide) groups is 1. The molecule has 0 unspecified atom stereocenters. The van der Waals surface area contributed by atoms with E-state index in [0.29, 0.717) is 13.0 Å². The van der Waals surface area contributed by atoms with Crippen LogP contribution in [0, 0.1) is 0 Å². The topological polar surface area (TPSA) is 26.3 Å². The molecule has 0 aromatic heterocycles. The van der Waals surface area contributed by atoms with Gasteiger partial charge in [0.1, 0.15) is 0 Å². The minimum absolute atomic E-state index is 0.0832. The number of hydrogen-bond donors (Lipinski definition) is 0. The lowest BCUT2D eigenvalue weighted by molar-refractivity contribution is -0.143. The van der Waals surface area contributed by atoms with Crippen LogP contribution in [0.5, 0.6) is 0 Å². The molecule has 100 valence electrons. The van der Waals surface area contributed by atoms with Crippen molar-refractivity contribution in [2.45, 2.75) is 37.5 Å². The van der Waals surface area contributed by atoms with Crippen molar-refractivity contribution in [3.8, 4) is 0 Å². The van der Waals surface area contributed by atoms with Gasteiger partial charge in [-0.3, -0.25) is 4.79 Å². The molecule has 1 aromatic carbocycles. The fourth-order valence-corrected chi connectivity index (χ4v) is 2.32. The summed E-state index contributed by atoms with van der Waals surface area (Å²) in [5, 5.41) is 0.749. The Morgan fingerprint density at radius 2 is 2.00 bits per heavy atom. The average Bonchev–Trinajstić information content (AvgIpc) is 2.37. The number of hydrogen-bond acceptors (Lipinski definition) is 3. The van der Waals surface area contributed by atoms with Crippen molar-refractivity contribution in [1.82, 2.24) is 0 Å². The molecule has 0 aliphatic heterocycles. The maximum Gasteiger partial charge on any atom is 0.305 e. The van der Waals surface area contributed by atoms with Gasteiger partial charge >= 0.3 is 5.97 Å². The zero-order valence-electron chi connectivity index (χ0n) is 10.7. The summed E-state index contributed by atoms with van der Waals surface area (Å²) < 4.78 is 5.08. The molecule has 0 saturated heterocycles. The van der Waals surface area contributed by atoms with Crippen molar-refractivity contribution >= 4 is 29.3 Å². The third-order valence-electron chi connectivity index (χ3n) is 2.37. The van der Waals surface area contributed by atoms with Crippen molar-refractivity contribution in [3.63, 3.8) is 0 Å². The first kappa shape index (κ1) is 15.4. The summed E-state index contributed by atoms with van der Waals surface area (Å²) in [4.78, 5) is 12.5. The molecule has 0 amide bonds. The van der Waals surface area contributed by atoms with E-state index in [1.807, 2.05) is 24.3 Å². The van der Waals surface area contributed by atoms with E-state index in [1.165, 1.54) is 4.90 Å². The van der Waals surface area contributed by atoms with E-state index in [0.717, 1.165) is 30.0 Å². The molecule has 0 saturated carbocycles. The van der Waals surface area contributed by atoms with E-state index in [9.17, 15) is 4.79 Å². The number of halogens is 1. The van der Waals surface area contributed by atoms with Crippen LogP contribution in [0.15, 0.2) is 29.2 Å². The lowest BCUT2D eigenvalue weighted by Gasteiger charge is -2.04.